The smallest absolute Gasteiger partial charge is 0.256 e. The van der Waals surface area contributed by atoms with Crippen LogP contribution in [0.25, 0.3) is 5.65 Å². The van der Waals surface area contributed by atoms with Crippen molar-refractivity contribution >= 4 is 23.2 Å². The van der Waals surface area contributed by atoms with Crippen LogP contribution in [-0.2, 0) is 11.2 Å². The van der Waals surface area contributed by atoms with Crippen molar-refractivity contribution in [2.75, 3.05) is 39.4 Å². The van der Waals surface area contributed by atoms with E-state index in [2.05, 4.69) is 15.3 Å². The molecule has 1 amide bonds. The van der Waals surface area contributed by atoms with E-state index in [1.54, 1.807) is 10.7 Å². The number of fused-ring (bicyclic) bond motifs is 1. The molecule has 1 aromatic carbocycles. The number of hydrogen-bond donors (Lipinski definition) is 1. The Morgan fingerprint density at radius 3 is 2.83 bits per heavy atom. The number of amides is 1. The largest absolute Gasteiger partial charge is 0.379 e. The van der Waals surface area contributed by atoms with Crippen LogP contribution in [0.5, 0.6) is 0 Å². The Bertz CT molecular complexity index is 1060. The maximum Gasteiger partial charge on any atom is 0.256 e. The molecule has 0 atom stereocenters. The Kier molecular flexibility index (Phi) is 6.32. The number of nitrogens with zero attached hydrogens (tertiary/aromatic N) is 4. The van der Waals surface area contributed by atoms with Gasteiger partial charge in [0.1, 0.15) is 5.56 Å². The zero-order valence-electron chi connectivity index (χ0n) is 17.3. The van der Waals surface area contributed by atoms with Gasteiger partial charge in [-0.25, -0.2) is 9.50 Å². The van der Waals surface area contributed by atoms with E-state index >= 15 is 0 Å². The summed E-state index contributed by atoms with van der Waals surface area (Å²) in [6, 6.07) is 7.82. The topological polar surface area (TPSA) is 71.8 Å². The first kappa shape index (κ1) is 20.8. The van der Waals surface area contributed by atoms with Gasteiger partial charge in [-0.2, -0.15) is 5.10 Å². The molecule has 0 saturated carbocycles. The van der Waals surface area contributed by atoms with E-state index in [9.17, 15) is 4.79 Å². The molecule has 3 heterocycles. The Morgan fingerprint density at radius 2 is 2.07 bits per heavy atom. The molecule has 1 N–H and O–H groups in total. The highest BCUT2D eigenvalue weighted by atomic mass is 35.5. The summed E-state index contributed by atoms with van der Waals surface area (Å²) in [6.07, 6.45) is 2.31. The lowest BCUT2D eigenvalue weighted by molar-refractivity contribution is 0.0383. The fourth-order valence-electron chi connectivity index (χ4n) is 3.83. The van der Waals surface area contributed by atoms with Crippen molar-refractivity contribution in [1.82, 2.24) is 24.8 Å². The fraction of sp³-hybridized carbons (Fsp3) is 0.409. The van der Waals surface area contributed by atoms with E-state index in [1.807, 2.05) is 38.1 Å². The average Bonchev–Trinajstić information content (AvgIpc) is 3.16. The first-order valence-corrected chi connectivity index (χ1v) is 10.6. The molecule has 158 valence electrons. The van der Waals surface area contributed by atoms with Crippen molar-refractivity contribution in [3.63, 3.8) is 0 Å². The minimum atomic E-state index is -0.146. The summed E-state index contributed by atoms with van der Waals surface area (Å²) < 4.78 is 7.11. The third kappa shape index (κ3) is 4.48. The lowest BCUT2D eigenvalue weighted by Gasteiger charge is -2.26. The molecule has 0 bridgehead atoms. The standard InChI is InChI=1S/C22H26ClN5O2/c1-15-19(13-17-4-3-5-18(23)12-17)16(2)28-21(26-15)20(14-25-28)22(29)24-6-7-27-8-10-30-11-9-27/h3-5,12,14H,6-11,13H2,1-2H3,(H,24,29). The van der Waals surface area contributed by atoms with Crippen molar-refractivity contribution in [1.29, 1.82) is 0 Å². The number of aryl methyl sites for hydroxylation is 2. The van der Waals surface area contributed by atoms with Gasteiger partial charge in [0, 0.05) is 49.0 Å². The second kappa shape index (κ2) is 9.12. The summed E-state index contributed by atoms with van der Waals surface area (Å²) in [5.41, 5.74) is 5.16. The van der Waals surface area contributed by atoms with Gasteiger partial charge in [-0.3, -0.25) is 9.69 Å². The van der Waals surface area contributed by atoms with Crippen LogP contribution in [-0.4, -0.2) is 64.8 Å². The van der Waals surface area contributed by atoms with Gasteiger partial charge in [0.25, 0.3) is 5.91 Å². The van der Waals surface area contributed by atoms with E-state index < -0.39 is 0 Å². The van der Waals surface area contributed by atoms with E-state index in [0.717, 1.165) is 55.4 Å². The molecule has 0 radical (unpaired) electrons. The Labute approximate surface area is 181 Å². The van der Waals surface area contributed by atoms with Gasteiger partial charge in [0.15, 0.2) is 5.65 Å². The maximum absolute atomic E-state index is 12.7. The number of halogens is 1. The highest BCUT2D eigenvalue weighted by Crippen LogP contribution is 2.21. The second-order valence-electron chi connectivity index (χ2n) is 7.57. The van der Waals surface area contributed by atoms with Crippen LogP contribution < -0.4 is 5.32 Å². The van der Waals surface area contributed by atoms with Crippen molar-refractivity contribution < 1.29 is 9.53 Å². The molecule has 8 heteroatoms. The minimum Gasteiger partial charge on any atom is -0.379 e. The second-order valence-corrected chi connectivity index (χ2v) is 8.01. The van der Waals surface area contributed by atoms with Crippen LogP contribution in [0.1, 0.15) is 32.9 Å². The van der Waals surface area contributed by atoms with E-state index in [1.165, 1.54) is 0 Å². The number of morpholine rings is 1. The number of nitrogens with one attached hydrogen (secondary N) is 1. The Morgan fingerprint density at radius 1 is 1.27 bits per heavy atom. The third-order valence-electron chi connectivity index (χ3n) is 5.54. The zero-order valence-corrected chi connectivity index (χ0v) is 18.1. The quantitative estimate of drug-likeness (QED) is 0.654. The summed E-state index contributed by atoms with van der Waals surface area (Å²) in [5, 5.41) is 8.15. The predicted octanol–water partition coefficient (Wildman–Crippen LogP) is 2.65. The maximum atomic E-state index is 12.7. The fourth-order valence-corrected chi connectivity index (χ4v) is 4.04. The van der Waals surface area contributed by atoms with Gasteiger partial charge in [-0.05, 0) is 37.1 Å². The van der Waals surface area contributed by atoms with Gasteiger partial charge < -0.3 is 10.1 Å². The molecule has 0 unspecified atom stereocenters. The van der Waals surface area contributed by atoms with Gasteiger partial charge in [-0.15, -0.1) is 0 Å². The highest BCUT2D eigenvalue weighted by molar-refractivity contribution is 6.30. The van der Waals surface area contributed by atoms with Gasteiger partial charge in [0.05, 0.1) is 19.4 Å². The lowest BCUT2D eigenvalue weighted by Crippen LogP contribution is -2.41. The molecule has 4 rings (SSSR count). The lowest BCUT2D eigenvalue weighted by atomic mass is 10.0. The van der Waals surface area contributed by atoms with Crippen molar-refractivity contribution in [2.45, 2.75) is 20.3 Å². The minimum absolute atomic E-state index is 0.146. The van der Waals surface area contributed by atoms with Gasteiger partial charge >= 0.3 is 0 Å². The van der Waals surface area contributed by atoms with Gasteiger partial charge in [0.2, 0.25) is 0 Å². The van der Waals surface area contributed by atoms with Crippen molar-refractivity contribution in [3.05, 3.63) is 63.6 Å². The van der Waals surface area contributed by atoms with E-state index in [-0.39, 0.29) is 5.91 Å². The van der Waals surface area contributed by atoms with Gasteiger partial charge in [-0.1, -0.05) is 23.7 Å². The van der Waals surface area contributed by atoms with Crippen LogP contribution >= 0.6 is 11.6 Å². The summed E-state index contributed by atoms with van der Waals surface area (Å²) in [7, 11) is 0. The summed E-state index contributed by atoms with van der Waals surface area (Å²) in [6.45, 7) is 8.69. The molecule has 7 nitrogen and oxygen atoms in total. The summed E-state index contributed by atoms with van der Waals surface area (Å²) >= 11 is 6.13. The number of rotatable bonds is 6. The monoisotopic (exact) mass is 427 g/mol. The van der Waals surface area contributed by atoms with Crippen LogP contribution in [0.3, 0.4) is 0 Å². The molecular formula is C22H26ClN5O2. The molecule has 0 spiro atoms. The molecule has 3 aromatic rings. The number of aromatic nitrogens is 3. The normalized spacial score (nSPS) is 14.9. The number of carbonyl (C=O) groups is 1. The van der Waals surface area contributed by atoms with Crippen LogP contribution in [0.4, 0.5) is 0 Å². The van der Waals surface area contributed by atoms with Crippen LogP contribution in [0, 0.1) is 13.8 Å². The highest BCUT2D eigenvalue weighted by Gasteiger charge is 2.19. The van der Waals surface area contributed by atoms with E-state index in [4.69, 9.17) is 21.3 Å². The molecule has 1 fully saturated rings. The molecule has 1 aliphatic rings. The first-order valence-electron chi connectivity index (χ1n) is 10.2. The SMILES string of the molecule is Cc1nc2c(C(=O)NCCN3CCOCC3)cnn2c(C)c1Cc1cccc(Cl)c1. The Hall–Kier alpha value is -2.48. The number of hydrogen-bond acceptors (Lipinski definition) is 5. The molecule has 0 aliphatic carbocycles. The molecule has 1 aliphatic heterocycles. The average molecular weight is 428 g/mol. The summed E-state index contributed by atoms with van der Waals surface area (Å²) in [5.74, 6) is -0.146. The first-order chi connectivity index (χ1) is 14.5. The summed E-state index contributed by atoms with van der Waals surface area (Å²) in [4.78, 5) is 19.7. The molecule has 30 heavy (non-hydrogen) atoms. The van der Waals surface area contributed by atoms with Crippen molar-refractivity contribution in [3.8, 4) is 0 Å². The molecular weight excluding hydrogens is 402 g/mol. The zero-order chi connectivity index (χ0) is 21.1. The van der Waals surface area contributed by atoms with Crippen LogP contribution in [0.2, 0.25) is 5.02 Å². The third-order valence-corrected chi connectivity index (χ3v) is 5.78. The number of carbonyl (C=O) groups excluding carboxylic acids is 1. The Balaban J connectivity index is 1.51. The van der Waals surface area contributed by atoms with E-state index in [0.29, 0.717) is 29.2 Å². The molecule has 1 saturated heterocycles. The number of benzene rings is 1. The van der Waals surface area contributed by atoms with Crippen LogP contribution in [0.15, 0.2) is 30.5 Å². The predicted molar refractivity (Wildman–Crippen MR) is 116 cm³/mol. The molecule has 2 aromatic heterocycles. The van der Waals surface area contributed by atoms with Crippen molar-refractivity contribution in [2.24, 2.45) is 0 Å². The number of ether oxygens (including phenoxy) is 1.